The zero-order chi connectivity index (χ0) is 18.1. The number of nitrogens with zero attached hydrogens (tertiary/aromatic N) is 4. The molecule has 0 unspecified atom stereocenters. The Balaban J connectivity index is 1.52. The molecular formula is C18H15N5O2S. The van der Waals surface area contributed by atoms with Crippen molar-refractivity contribution in [3.8, 4) is 11.6 Å². The maximum absolute atomic E-state index is 12.3. The Labute approximate surface area is 153 Å². The second kappa shape index (κ2) is 6.57. The standard InChI is InChI=1S/C18H15N5O2S/c1-11-7-8-26-16(11)17(24)22-13-3-5-14(6-4-13)25-15-9-12(2)21-18-19-10-20-23(15)18/h3-10H,1-2H3,(H,22,24). The molecule has 1 amide bonds. The summed E-state index contributed by atoms with van der Waals surface area (Å²) in [7, 11) is 0. The Morgan fingerprint density at radius 2 is 2.00 bits per heavy atom. The normalized spacial score (nSPS) is 10.8. The minimum Gasteiger partial charge on any atom is -0.439 e. The first-order valence-electron chi connectivity index (χ1n) is 7.91. The zero-order valence-electron chi connectivity index (χ0n) is 14.1. The summed E-state index contributed by atoms with van der Waals surface area (Å²) in [5.74, 6) is 1.52. The van der Waals surface area contributed by atoms with Crippen LogP contribution >= 0.6 is 11.3 Å². The molecule has 0 bridgehead atoms. The number of carbonyl (C=O) groups is 1. The maximum atomic E-state index is 12.3. The Hall–Kier alpha value is -3.26. The van der Waals surface area contributed by atoms with E-state index in [1.165, 1.54) is 22.2 Å². The number of nitrogens with one attached hydrogen (secondary N) is 1. The highest BCUT2D eigenvalue weighted by Crippen LogP contribution is 2.24. The lowest BCUT2D eigenvalue weighted by Crippen LogP contribution is -2.11. The van der Waals surface area contributed by atoms with Gasteiger partial charge in [0, 0.05) is 17.4 Å². The number of benzene rings is 1. The number of aryl methyl sites for hydroxylation is 2. The molecular weight excluding hydrogens is 350 g/mol. The van der Waals surface area contributed by atoms with Crippen LogP contribution in [0.1, 0.15) is 20.9 Å². The molecule has 1 aromatic carbocycles. The Bertz CT molecular complexity index is 1080. The quantitative estimate of drug-likeness (QED) is 0.594. The molecule has 4 rings (SSSR count). The summed E-state index contributed by atoms with van der Waals surface area (Å²) in [6.45, 7) is 3.79. The Kier molecular flexibility index (Phi) is 4.10. The van der Waals surface area contributed by atoms with Gasteiger partial charge in [-0.2, -0.15) is 14.6 Å². The lowest BCUT2D eigenvalue weighted by molar-refractivity contribution is 0.103. The summed E-state index contributed by atoms with van der Waals surface area (Å²) >= 11 is 1.43. The van der Waals surface area contributed by atoms with E-state index in [4.69, 9.17) is 4.74 Å². The minimum absolute atomic E-state index is 0.111. The molecule has 1 N–H and O–H groups in total. The van der Waals surface area contributed by atoms with E-state index in [0.717, 1.165) is 11.3 Å². The van der Waals surface area contributed by atoms with Crippen molar-refractivity contribution in [2.45, 2.75) is 13.8 Å². The number of ether oxygens (including phenoxy) is 1. The van der Waals surface area contributed by atoms with Gasteiger partial charge in [0.25, 0.3) is 11.7 Å². The monoisotopic (exact) mass is 365 g/mol. The highest BCUT2D eigenvalue weighted by molar-refractivity contribution is 7.12. The van der Waals surface area contributed by atoms with Crippen molar-refractivity contribution in [1.82, 2.24) is 19.6 Å². The number of anilines is 1. The first-order valence-corrected chi connectivity index (χ1v) is 8.79. The summed E-state index contributed by atoms with van der Waals surface area (Å²) < 4.78 is 7.42. The van der Waals surface area contributed by atoms with E-state index in [9.17, 15) is 4.79 Å². The molecule has 0 saturated heterocycles. The molecule has 0 aliphatic heterocycles. The topological polar surface area (TPSA) is 81.4 Å². The highest BCUT2D eigenvalue weighted by Gasteiger charge is 2.11. The van der Waals surface area contributed by atoms with Crippen molar-refractivity contribution < 1.29 is 9.53 Å². The average molecular weight is 365 g/mol. The van der Waals surface area contributed by atoms with Crippen molar-refractivity contribution >= 4 is 28.7 Å². The summed E-state index contributed by atoms with van der Waals surface area (Å²) in [5, 5.41) is 8.91. The van der Waals surface area contributed by atoms with E-state index in [1.54, 1.807) is 30.3 Å². The van der Waals surface area contributed by atoms with Crippen LogP contribution in [0, 0.1) is 13.8 Å². The number of rotatable bonds is 4. The van der Waals surface area contributed by atoms with Crippen molar-refractivity contribution in [3.05, 3.63) is 64.2 Å². The van der Waals surface area contributed by atoms with Gasteiger partial charge in [-0.15, -0.1) is 11.3 Å². The van der Waals surface area contributed by atoms with Gasteiger partial charge in [-0.05, 0) is 55.1 Å². The van der Waals surface area contributed by atoms with E-state index in [1.807, 2.05) is 25.3 Å². The van der Waals surface area contributed by atoms with Crippen molar-refractivity contribution in [3.63, 3.8) is 0 Å². The fraction of sp³-hybridized carbons (Fsp3) is 0.111. The smallest absolute Gasteiger partial charge is 0.265 e. The van der Waals surface area contributed by atoms with Crippen LogP contribution in [0.4, 0.5) is 5.69 Å². The minimum atomic E-state index is -0.111. The van der Waals surface area contributed by atoms with Crippen molar-refractivity contribution in [2.24, 2.45) is 0 Å². The van der Waals surface area contributed by atoms with Gasteiger partial charge >= 0.3 is 0 Å². The SMILES string of the molecule is Cc1cc(Oc2ccc(NC(=O)c3sccc3C)cc2)n2ncnc2n1. The summed E-state index contributed by atoms with van der Waals surface area (Å²) in [6, 6.07) is 10.9. The molecule has 0 fully saturated rings. The van der Waals surface area contributed by atoms with E-state index in [2.05, 4.69) is 20.4 Å². The molecule has 3 heterocycles. The Morgan fingerprint density at radius 3 is 2.73 bits per heavy atom. The first kappa shape index (κ1) is 16.2. The van der Waals surface area contributed by atoms with Crippen LogP contribution in [0.15, 0.2) is 48.1 Å². The Morgan fingerprint density at radius 1 is 1.19 bits per heavy atom. The van der Waals surface area contributed by atoms with Crippen molar-refractivity contribution in [1.29, 1.82) is 0 Å². The summed E-state index contributed by atoms with van der Waals surface area (Å²) in [4.78, 5) is 21.3. The largest absolute Gasteiger partial charge is 0.439 e. The van der Waals surface area contributed by atoms with E-state index < -0.39 is 0 Å². The predicted octanol–water partition coefficient (Wildman–Crippen LogP) is 3.85. The van der Waals surface area contributed by atoms with E-state index in [-0.39, 0.29) is 5.91 Å². The van der Waals surface area contributed by atoms with Crippen LogP contribution in [0.25, 0.3) is 5.78 Å². The molecule has 0 atom stereocenters. The maximum Gasteiger partial charge on any atom is 0.265 e. The van der Waals surface area contributed by atoms with Crippen LogP contribution in [-0.4, -0.2) is 25.5 Å². The molecule has 4 aromatic rings. The van der Waals surface area contributed by atoms with E-state index >= 15 is 0 Å². The molecule has 0 aliphatic rings. The van der Waals surface area contributed by atoms with Gasteiger partial charge in [-0.3, -0.25) is 4.79 Å². The number of amides is 1. The van der Waals surface area contributed by atoms with Crippen LogP contribution in [0.2, 0.25) is 0 Å². The van der Waals surface area contributed by atoms with Crippen LogP contribution < -0.4 is 10.1 Å². The highest BCUT2D eigenvalue weighted by atomic mass is 32.1. The van der Waals surface area contributed by atoms with Gasteiger partial charge < -0.3 is 10.1 Å². The lowest BCUT2D eigenvalue weighted by atomic mass is 10.2. The fourth-order valence-corrected chi connectivity index (χ4v) is 3.31. The fourth-order valence-electron chi connectivity index (χ4n) is 2.49. The predicted molar refractivity (Wildman–Crippen MR) is 99.0 cm³/mol. The second-order valence-corrected chi connectivity index (χ2v) is 6.64. The molecule has 3 aromatic heterocycles. The van der Waals surface area contributed by atoms with E-state index in [0.29, 0.717) is 28.0 Å². The molecule has 8 heteroatoms. The molecule has 26 heavy (non-hydrogen) atoms. The van der Waals surface area contributed by atoms with Crippen LogP contribution in [0.5, 0.6) is 11.6 Å². The average Bonchev–Trinajstić information content (AvgIpc) is 3.25. The van der Waals surface area contributed by atoms with Crippen LogP contribution in [-0.2, 0) is 0 Å². The molecule has 7 nitrogen and oxygen atoms in total. The van der Waals surface area contributed by atoms with Gasteiger partial charge in [0.2, 0.25) is 5.88 Å². The third-order valence-electron chi connectivity index (χ3n) is 3.75. The third kappa shape index (κ3) is 3.14. The number of hydrogen-bond acceptors (Lipinski definition) is 6. The van der Waals surface area contributed by atoms with Crippen LogP contribution in [0.3, 0.4) is 0 Å². The lowest BCUT2D eigenvalue weighted by Gasteiger charge is -2.09. The number of thiophene rings is 1. The number of fused-ring (bicyclic) bond motifs is 1. The van der Waals surface area contributed by atoms with Gasteiger partial charge in [0.1, 0.15) is 12.1 Å². The molecule has 0 aliphatic carbocycles. The molecule has 0 saturated carbocycles. The van der Waals surface area contributed by atoms with Gasteiger partial charge in [-0.1, -0.05) is 0 Å². The summed E-state index contributed by atoms with van der Waals surface area (Å²) in [5.41, 5.74) is 2.46. The zero-order valence-corrected chi connectivity index (χ0v) is 14.9. The van der Waals surface area contributed by atoms with Gasteiger partial charge in [0.15, 0.2) is 0 Å². The molecule has 130 valence electrons. The second-order valence-electron chi connectivity index (χ2n) is 5.72. The third-order valence-corrected chi connectivity index (χ3v) is 4.77. The first-order chi connectivity index (χ1) is 12.6. The molecule has 0 spiro atoms. The van der Waals surface area contributed by atoms with Gasteiger partial charge in [0.05, 0.1) is 4.88 Å². The van der Waals surface area contributed by atoms with Gasteiger partial charge in [-0.25, -0.2) is 4.98 Å². The number of hydrogen-bond donors (Lipinski definition) is 1. The number of carbonyl (C=O) groups excluding carboxylic acids is 1. The molecule has 0 radical (unpaired) electrons. The summed E-state index contributed by atoms with van der Waals surface area (Å²) in [6.07, 6.45) is 1.43. The number of aromatic nitrogens is 4. The van der Waals surface area contributed by atoms with Crippen molar-refractivity contribution in [2.75, 3.05) is 5.32 Å².